The molecule has 0 spiro atoms. The van der Waals surface area contributed by atoms with E-state index < -0.39 is 6.03 Å². The predicted octanol–water partition coefficient (Wildman–Crippen LogP) is 3.95. The van der Waals surface area contributed by atoms with Gasteiger partial charge >= 0.3 is 6.03 Å². The molecule has 3 aromatic rings. The molecule has 0 unspecified atom stereocenters. The number of primary amides is 1. The number of thiazole rings is 1. The zero-order valence-electron chi connectivity index (χ0n) is 17.9. The van der Waals surface area contributed by atoms with Crippen LogP contribution < -0.4 is 20.9 Å². The van der Waals surface area contributed by atoms with Crippen molar-refractivity contribution in [3.05, 3.63) is 57.9 Å². The number of nitrogens with two attached hydrogens (primary N) is 1. The van der Waals surface area contributed by atoms with Gasteiger partial charge in [0, 0.05) is 41.1 Å². The molecule has 1 aromatic heterocycles. The van der Waals surface area contributed by atoms with Gasteiger partial charge in [0.2, 0.25) is 5.91 Å². The minimum absolute atomic E-state index is 0.0853. The van der Waals surface area contributed by atoms with Gasteiger partial charge in [0.25, 0.3) is 0 Å². The van der Waals surface area contributed by atoms with Crippen molar-refractivity contribution >= 4 is 40.3 Å². The number of hydrogen-bond donors (Lipinski definition) is 2. The monoisotopic (exact) mass is 447 g/mol. The highest BCUT2D eigenvalue weighted by Gasteiger charge is 2.28. The van der Waals surface area contributed by atoms with Crippen LogP contribution in [-0.2, 0) is 17.6 Å². The van der Waals surface area contributed by atoms with E-state index in [0.29, 0.717) is 13.1 Å². The highest BCUT2D eigenvalue weighted by Crippen LogP contribution is 2.35. The molecule has 5 rings (SSSR count). The van der Waals surface area contributed by atoms with Crippen LogP contribution in [0.1, 0.15) is 22.6 Å². The molecule has 2 aromatic carbocycles. The Morgan fingerprint density at radius 2 is 2.03 bits per heavy atom. The van der Waals surface area contributed by atoms with Gasteiger partial charge in [-0.1, -0.05) is 12.1 Å². The fourth-order valence-electron chi connectivity index (χ4n) is 4.68. The van der Waals surface area contributed by atoms with Crippen molar-refractivity contribution in [1.82, 2.24) is 4.98 Å². The van der Waals surface area contributed by atoms with Gasteiger partial charge in [0.05, 0.1) is 17.2 Å². The fraction of sp³-hybridized carbons (Fsp3) is 0.292. The summed E-state index contributed by atoms with van der Waals surface area (Å²) in [5.74, 6) is 0.0853. The Balaban J connectivity index is 1.35. The number of anilines is 3. The van der Waals surface area contributed by atoms with Crippen LogP contribution in [0, 0.1) is 6.92 Å². The minimum atomic E-state index is -0.576. The van der Waals surface area contributed by atoms with Gasteiger partial charge in [0.1, 0.15) is 0 Å². The van der Waals surface area contributed by atoms with E-state index in [1.54, 1.807) is 11.3 Å². The second-order valence-corrected chi connectivity index (χ2v) is 9.27. The van der Waals surface area contributed by atoms with Gasteiger partial charge in [-0.05, 0) is 61.6 Å². The first-order valence-electron chi connectivity index (χ1n) is 10.8. The van der Waals surface area contributed by atoms with Crippen molar-refractivity contribution in [3.8, 4) is 11.3 Å². The first-order chi connectivity index (χ1) is 15.5. The van der Waals surface area contributed by atoms with Crippen LogP contribution >= 0.6 is 11.3 Å². The van der Waals surface area contributed by atoms with Crippen molar-refractivity contribution in [1.29, 1.82) is 0 Å². The summed E-state index contributed by atoms with van der Waals surface area (Å²) in [5.41, 5.74) is 12.3. The minimum Gasteiger partial charge on any atom is -0.362 e. The van der Waals surface area contributed by atoms with Crippen LogP contribution in [0.4, 0.5) is 21.9 Å². The summed E-state index contributed by atoms with van der Waals surface area (Å²) in [6, 6.07) is 11.4. The van der Waals surface area contributed by atoms with Gasteiger partial charge in [-0.2, -0.15) is 0 Å². The Morgan fingerprint density at radius 3 is 2.81 bits per heavy atom. The van der Waals surface area contributed by atoms with Crippen LogP contribution in [0.25, 0.3) is 11.3 Å². The molecule has 2 aliphatic rings. The van der Waals surface area contributed by atoms with Crippen LogP contribution in [0.3, 0.4) is 0 Å². The molecule has 0 saturated heterocycles. The highest BCUT2D eigenvalue weighted by molar-refractivity contribution is 7.09. The lowest BCUT2D eigenvalue weighted by molar-refractivity contribution is -0.117. The Morgan fingerprint density at radius 1 is 1.16 bits per heavy atom. The summed E-state index contributed by atoms with van der Waals surface area (Å²) in [4.78, 5) is 33.2. The molecular formula is C24H25N5O2S. The predicted molar refractivity (Wildman–Crippen MR) is 129 cm³/mol. The zero-order valence-corrected chi connectivity index (χ0v) is 18.7. The molecule has 0 aliphatic carbocycles. The van der Waals surface area contributed by atoms with Crippen molar-refractivity contribution in [2.24, 2.45) is 5.73 Å². The Hall–Kier alpha value is -3.39. The maximum absolute atomic E-state index is 13.3. The van der Waals surface area contributed by atoms with Crippen molar-refractivity contribution in [3.63, 3.8) is 0 Å². The first-order valence-corrected chi connectivity index (χ1v) is 11.7. The molecular weight excluding hydrogens is 422 g/mol. The van der Waals surface area contributed by atoms with Gasteiger partial charge in [-0.25, -0.2) is 9.78 Å². The SMILES string of the molecule is Cc1nc(-c2ccc3c(c2)CCN3C(=O)CN2CCCc3c(NC(N)=O)cccc32)cs1. The van der Waals surface area contributed by atoms with E-state index in [-0.39, 0.29) is 5.91 Å². The second-order valence-electron chi connectivity index (χ2n) is 8.21. The van der Waals surface area contributed by atoms with E-state index in [1.807, 2.05) is 36.1 Å². The molecule has 8 heteroatoms. The normalized spacial score (nSPS) is 14.8. The average Bonchev–Trinajstić information content (AvgIpc) is 3.40. The Bertz CT molecular complexity index is 1200. The number of nitrogens with one attached hydrogen (secondary N) is 1. The molecule has 32 heavy (non-hydrogen) atoms. The third kappa shape index (κ3) is 3.82. The summed E-state index contributed by atoms with van der Waals surface area (Å²) >= 11 is 1.64. The summed E-state index contributed by atoms with van der Waals surface area (Å²) < 4.78 is 0. The zero-order chi connectivity index (χ0) is 22.2. The van der Waals surface area contributed by atoms with Crippen molar-refractivity contribution in [2.75, 3.05) is 34.8 Å². The first kappa shape index (κ1) is 20.5. The summed E-state index contributed by atoms with van der Waals surface area (Å²) in [5, 5.41) is 5.83. The number of aryl methyl sites for hydroxylation is 1. The average molecular weight is 448 g/mol. The van der Waals surface area contributed by atoms with Crippen LogP contribution in [0.5, 0.6) is 0 Å². The third-order valence-corrected chi connectivity index (χ3v) is 6.90. The van der Waals surface area contributed by atoms with Gasteiger partial charge in [-0.15, -0.1) is 11.3 Å². The number of urea groups is 1. The van der Waals surface area contributed by atoms with E-state index in [9.17, 15) is 9.59 Å². The van der Waals surface area contributed by atoms with Crippen molar-refractivity contribution in [2.45, 2.75) is 26.2 Å². The van der Waals surface area contributed by atoms with E-state index in [0.717, 1.165) is 64.7 Å². The number of carbonyl (C=O) groups excluding carboxylic acids is 2. The number of aromatic nitrogens is 1. The largest absolute Gasteiger partial charge is 0.362 e. The number of nitrogens with zero attached hydrogens (tertiary/aromatic N) is 3. The standard InChI is InChI=1S/C24H25N5O2S/c1-15-26-20(14-32-15)16-7-8-21-17(12-16)9-11-29(21)23(30)13-28-10-3-4-18-19(27-24(25)31)5-2-6-22(18)28/h2,5-8,12,14H,3-4,9-11,13H2,1H3,(H3,25,27,31). The van der Waals surface area contributed by atoms with E-state index >= 15 is 0 Å². The Kier molecular flexibility index (Phi) is 5.30. The summed E-state index contributed by atoms with van der Waals surface area (Å²) in [7, 11) is 0. The van der Waals surface area contributed by atoms with Gasteiger partial charge in [0.15, 0.2) is 0 Å². The number of fused-ring (bicyclic) bond motifs is 2. The van der Waals surface area contributed by atoms with E-state index in [4.69, 9.17) is 5.73 Å². The highest BCUT2D eigenvalue weighted by atomic mass is 32.1. The van der Waals surface area contributed by atoms with E-state index in [2.05, 4.69) is 32.7 Å². The van der Waals surface area contributed by atoms with Crippen LogP contribution in [0.15, 0.2) is 41.8 Å². The molecule has 0 fully saturated rings. The summed E-state index contributed by atoms with van der Waals surface area (Å²) in [6.07, 6.45) is 2.62. The second kappa shape index (κ2) is 8.27. The fourth-order valence-corrected chi connectivity index (χ4v) is 5.30. The van der Waals surface area contributed by atoms with Crippen LogP contribution in [0.2, 0.25) is 0 Å². The third-order valence-electron chi connectivity index (χ3n) is 6.12. The number of hydrogen-bond acceptors (Lipinski definition) is 5. The van der Waals surface area contributed by atoms with Gasteiger partial charge < -0.3 is 20.9 Å². The number of benzene rings is 2. The number of rotatable bonds is 4. The van der Waals surface area contributed by atoms with Crippen molar-refractivity contribution < 1.29 is 9.59 Å². The van der Waals surface area contributed by atoms with Gasteiger partial charge in [-0.3, -0.25) is 4.79 Å². The molecule has 3 amide bonds. The molecule has 0 atom stereocenters. The van der Waals surface area contributed by atoms with E-state index in [1.165, 1.54) is 5.56 Å². The molecule has 3 heterocycles. The molecule has 164 valence electrons. The molecule has 0 bridgehead atoms. The molecule has 7 nitrogen and oxygen atoms in total. The lowest BCUT2D eigenvalue weighted by Gasteiger charge is -2.33. The topological polar surface area (TPSA) is 91.6 Å². The molecule has 0 saturated carbocycles. The number of amides is 3. The molecule has 0 radical (unpaired) electrons. The molecule has 2 aliphatic heterocycles. The van der Waals surface area contributed by atoms with Crippen LogP contribution in [-0.4, -0.2) is 36.6 Å². The number of carbonyl (C=O) groups is 2. The Labute approximate surface area is 190 Å². The maximum atomic E-state index is 13.3. The lowest BCUT2D eigenvalue weighted by Crippen LogP contribution is -2.42. The molecule has 3 N–H and O–H groups in total. The smallest absolute Gasteiger partial charge is 0.316 e. The summed E-state index contributed by atoms with van der Waals surface area (Å²) in [6.45, 7) is 3.81. The maximum Gasteiger partial charge on any atom is 0.316 e. The lowest BCUT2D eigenvalue weighted by atomic mass is 9.99. The quantitative estimate of drug-likeness (QED) is 0.634.